The molecule has 9 heteroatoms. The van der Waals surface area contributed by atoms with Crippen LogP contribution in [0.15, 0.2) is 30.5 Å². The molecule has 0 aliphatic heterocycles. The molecule has 0 radical (unpaired) electrons. The summed E-state index contributed by atoms with van der Waals surface area (Å²) >= 11 is 5.95. The van der Waals surface area contributed by atoms with Gasteiger partial charge in [0.25, 0.3) is 5.91 Å². The lowest BCUT2D eigenvalue weighted by molar-refractivity contribution is -0.137. The number of pyridine rings is 1. The Hall–Kier alpha value is -2.35. The average Bonchev–Trinajstić information content (AvgIpc) is 2.71. The van der Waals surface area contributed by atoms with Gasteiger partial charge in [-0.1, -0.05) is 11.6 Å². The van der Waals surface area contributed by atoms with Gasteiger partial charge in [-0.3, -0.25) is 4.79 Å². The molecule has 0 bridgehead atoms. The molecule has 0 spiro atoms. The number of aryl methyl sites for hydroxylation is 1. The Labute approximate surface area is 183 Å². The van der Waals surface area contributed by atoms with Crippen molar-refractivity contribution >= 4 is 23.3 Å². The Morgan fingerprint density at radius 2 is 1.90 bits per heavy atom. The summed E-state index contributed by atoms with van der Waals surface area (Å²) in [4.78, 5) is 16.5. The van der Waals surface area contributed by atoms with Crippen molar-refractivity contribution in [1.29, 1.82) is 0 Å². The van der Waals surface area contributed by atoms with Crippen LogP contribution in [0.5, 0.6) is 0 Å². The third kappa shape index (κ3) is 6.32. The predicted octanol–water partition coefficient (Wildman–Crippen LogP) is 5.99. The summed E-state index contributed by atoms with van der Waals surface area (Å²) in [6.07, 6.45) is 0.883. The van der Waals surface area contributed by atoms with Gasteiger partial charge in [-0.2, -0.15) is 13.2 Å². The van der Waals surface area contributed by atoms with Crippen LogP contribution >= 0.6 is 11.6 Å². The molecule has 1 fully saturated rings. The zero-order valence-electron chi connectivity index (χ0n) is 17.0. The number of rotatable bonds is 6. The summed E-state index contributed by atoms with van der Waals surface area (Å²) in [7, 11) is 0. The van der Waals surface area contributed by atoms with Gasteiger partial charge in [-0.05, 0) is 74.8 Å². The summed E-state index contributed by atoms with van der Waals surface area (Å²) < 4.78 is 52.0. The zero-order chi connectivity index (χ0) is 22.6. The lowest BCUT2D eigenvalue weighted by Crippen LogP contribution is -2.38. The van der Waals surface area contributed by atoms with Crippen molar-refractivity contribution in [3.8, 4) is 0 Å². The molecule has 1 aliphatic carbocycles. The molecule has 0 atom stereocenters. The molecular formula is C22H24ClF4N3O. The Bertz CT molecular complexity index is 927. The van der Waals surface area contributed by atoms with Gasteiger partial charge in [-0.15, -0.1) is 0 Å². The van der Waals surface area contributed by atoms with Gasteiger partial charge in [0.15, 0.2) is 0 Å². The second-order valence-corrected chi connectivity index (χ2v) is 8.32. The monoisotopic (exact) mass is 457 g/mol. The number of hydrogen-bond acceptors (Lipinski definition) is 3. The van der Waals surface area contributed by atoms with Gasteiger partial charge < -0.3 is 10.6 Å². The van der Waals surface area contributed by atoms with Crippen molar-refractivity contribution in [3.05, 3.63) is 58.0 Å². The minimum atomic E-state index is -4.53. The molecule has 4 nitrogen and oxygen atoms in total. The molecule has 0 unspecified atom stereocenters. The first-order valence-electron chi connectivity index (χ1n) is 10.2. The largest absolute Gasteiger partial charge is 0.416 e. The van der Waals surface area contributed by atoms with E-state index in [0.29, 0.717) is 23.8 Å². The molecule has 168 valence electrons. The van der Waals surface area contributed by atoms with E-state index in [-0.39, 0.29) is 22.4 Å². The second-order valence-electron chi connectivity index (χ2n) is 7.92. The third-order valence-corrected chi connectivity index (χ3v) is 5.96. The number of hydrogen-bond donors (Lipinski definition) is 2. The molecule has 1 amide bonds. The van der Waals surface area contributed by atoms with E-state index < -0.39 is 17.6 Å². The molecular weight excluding hydrogens is 434 g/mol. The van der Waals surface area contributed by atoms with Gasteiger partial charge in [0.05, 0.1) is 22.3 Å². The molecule has 1 heterocycles. The molecule has 0 saturated heterocycles. The van der Waals surface area contributed by atoms with Gasteiger partial charge in [-0.25, -0.2) is 9.37 Å². The van der Waals surface area contributed by atoms with Crippen LogP contribution in [0.1, 0.15) is 53.6 Å². The second kappa shape index (κ2) is 9.85. The number of nitrogens with zero attached hydrogens (tertiary/aromatic N) is 1. The number of aromatic nitrogens is 1. The normalized spacial score (nSPS) is 19.2. The SMILES string of the molecule is Cc1cc(NCCC2CCC(NC(=O)c3cc(C(F)(F)F)ccc3Cl)CC2)ncc1F. The Balaban J connectivity index is 1.45. The highest BCUT2D eigenvalue weighted by molar-refractivity contribution is 6.33. The van der Waals surface area contributed by atoms with E-state index >= 15 is 0 Å². The number of amides is 1. The minimum absolute atomic E-state index is 0.00472. The van der Waals surface area contributed by atoms with Crippen LogP contribution in [0.3, 0.4) is 0 Å². The fourth-order valence-electron chi connectivity index (χ4n) is 3.77. The first-order chi connectivity index (χ1) is 14.6. The molecule has 2 aromatic rings. The van der Waals surface area contributed by atoms with Crippen LogP contribution in [-0.2, 0) is 6.18 Å². The first kappa shape index (κ1) is 23.3. The molecule has 1 aromatic heterocycles. The van der Waals surface area contributed by atoms with E-state index in [1.165, 1.54) is 6.20 Å². The maximum Gasteiger partial charge on any atom is 0.416 e. The van der Waals surface area contributed by atoms with Crippen LogP contribution in [-0.4, -0.2) is 23.5 Å². The molecule has 1 saturated carbocycles. The quantitative estimate of drug-likeness (QED) is 0.524. The van der Waals surface area contributed by atoms with Crippen LogP contribution in [0.4, 0.5) is 23.4 Å². The lowest BCUT2D eigenvalue weighted by atomic mass is 9.84. The van der Waals surface area contributed by atoms with Crippen molar-refractivity contribution < 1.29 is 22.4 Å². The Morgan fingerprint density at radius 1 is 1.19 bits per heavy atom. The third-order valence-electron chi connectivity index (χ3n) is 5.63. The fourth-order valence-corrected chi connectivity index (χ4v) is 3.98. The number of carbonyl (C=O) groups excluding carboxylic acids is 1. The lowest BCUT2D eigenvalue weighted by Gasteiger charge is -2.29. The highest BCUT2D eigenvalue weighted by atomic mass is 35.5. The minimum Gasteiger partial charge on any atom is -0.370 e. The number of anilines is 1. The summed E-state index contributed by atoms with van der Waals surface area (Å²) in [5.74, 6) is 0.188. The van der Waals surface area contributed by atoms with Crippen LogP contribution in [0.25, 0.3) is 0 Å². The Morgan fingerprint density at radius 3 is 2.55 bits per heavy atom. The number of benzene rings is 1. The molecule has 1 aromatic carbocycles. The standard InChI is InChI=1S/C22H24ClF4N3O/c1-13-10-20(29-12-19(13)24)28-9-8-14-2-5-16(6-3-14)30-21(31)17-11-15(22(25,26)27)4-7-18(17)23/h4,7,10-12,14,16H,2-3,5-6,8-9H2,1H3,(H,28,29)(H,30,31). The molecule has 31 heavy (non-hydrogen) atoms. The first-order valence-corrected chi connectivity index (χ1v) is 10.5. The van der Waals surface area contributed by atoms with Gasteiger partial charge in [0.2, 0.25) is 0 Å². The van der Waals surface area contributed by atoms with Crippen LogP contribution in [0, 0.1) is 18.7 Å². The maximum absolute atomic E-state index is 13.3. The summed E-state index contributed by atoms with van der Waals surface area (Å²) in [5.41, 5.74) is -0.524. The van der Waals surface area contributed by atoms with E-state index in [4.69, 9.17) is 11.6 Å². The number of alkyl halides is 3. The predicted molar refractivity (Wildman–Crippen MR) is 112 cm³/mol. The van der Waals surface area contributed by atoms with E-state index in [1.807, 2.05) is 0 Å². The Kier molecular flexibility index (Phi) is 7.41. The maximum atomic E-state index is 13.3. The molecule has 1 aliphatic rings. The van der Waals surface area contributed by atoms with Crippen molar-refractivity contribution in [1.82, 2.24) is 10.3 Å². The van der Waals surface area contributed by atoms with E-state index in [2.05, 4.69) is 15.6 Å². The summed E-state index contributed by atoms with van der Waals surface area (Å²) in [6.45, 7) is 2.39. The van der Waals surface area contributed by atoms with E-state index in [1.54, 1.807) is 13.0 Å². The highest BCUT2D eigenvalue weighted by Gasteiger charge is 2.32. The van der Waals surface area contributed by atoms with Crippen molar-refractivity contribution in [2.75, 3.05) is 11.9 Å². The van der Waals surface area contributed by atoms with E-state index in [9.17, 15) is 22.4 Å². The van der Waals surface area contributed by atoms with Crippen LogP contribution in [0.2, 0.25) is 5.02 Å². The fraction of sp³-hybridized carbons (Fsp3) is 0.455. The number of halogens is 5. The summed E-state index contributed by atoms with van der Waals surface area (Å²) in [6, 6.07) is 4.33. The smallest absolute Gasteiger partial charge is 0.370 e. The highest BCUT2D eigenvalue weighted by Crippen LogP contribution is 2.32. The van der Waals surface area contributed by atoms with Crippen molar-refractivity contribution in [3.63, 3.8) is 0 Å². The van der Waals surface area contributed by atoms with Gasteiger partial charge in [0.1, 0.15) is 11.6 Å². The van der Waals surface area contributed by atoms with Crippen molar-refractivity contribution in [2.24, 2.45) is 5.92 Å². The number of carbonyl (C=O) groups is 1. The zero-order valence-corrected chi connectivity index (χ0v) is 17.8. The van der Waals surface area contributed by atoms with Gasteiger partial charge in [0, 0.05) is 12.6 Å². The van der Waals surface area contributed by atoms with Crippen molar-refractivity contribution in [2.45, 2.75) is 51.2 Å². The summed E-state index contributed by atoms with van der Waals surface area (Å²) in [5, 5.41) is 6.01. The van der Waals surface area contributed by atoms with E-state index in [0.717, 1.165) is 50.3 Å². The topological polar surface area (TPSA) is 54.0 Å². The molecule has 3 rings (SSSR count). The van der Waals surface area contributed by atoms with Gasteiger partial charge >= 0.3 is 6.18 Å². The number of nitrogens with one attached hydrogen (secondary N) is 2. The van der Waals surface area contributed by atoms with Crippen LogP contribution < -0.4 is 10.6 Å². The average molecular weight is 458 g/mol. The molecule has 2 N–H and O–H groups in total.